The summed E-state index contributed by atoms with van der Waals surface area (Å²) in [6.45, 7) is 4.29. The molecule has 6 nitrogen and oxygen atoms in total. The Balaban J connectivity index is 2.83. The van der Waals surface area contributed by atoms with E-state index in [1.165, 1.54) is 0 Å². The summed E-state index contributed by atoms with van der Waals surface area (Å²) >= 11 is 0. The van der Waals surface area contributed by atoms with Crippen molar-refractivity contribution in [3.63, 3.8) is 0 Å². The third-order valence-electron chi connectivity index (χ3n) is 1.61. The number of rotatable bonds is 4. The Kier molecular flexibility index (Phi) is 4.26. The van der Waals surface area contributed by atoms with Crippen LogP contribution in [0.2, 0.25) is 0 Å². The highest BCUT2D eigenvalue weighted by atomic mass is 16.5. The number of hydrazine groups is 1. The Labute approximate surface area is 88.5 Å². The van der Waals surface area contributed by atoms with Crippen LogP contribution in [0.15, 0.2) is 15.6 Å². The minimum absolute atomic E-state index is 0.138. The van der Waals surface area contributed by atoms with E-state index in [1.54, 1.807) is 13.2 Å². The number of amidine groups is 1. The van der Waals surface area contributed by atoms with Crippen LogP contribution in [0, 0.1) is 0 Å². The summed E-state index contributed by atoms with van der Waals surface area (Å²) < 4.78 is 9.93. The predicted octanol–water partition coefficient (Wildman–Crippen LogP) is 0.439. The number of nitrogens with one attached hydrogen (secondary N) is 1. The van der Waals surface area contributed by atoms with Crippen LogP contribution >= 0.6 is 0 Å². The third kappa shape index (κ3) is 3.34. The first-order valence-electron chi connectivity index (χ1n) is 4.66. The number of aliphatic imine (C=N–C) groups is 1. The fourth-order valence-electron chi connectivity index (χ4n) is 1.07. The monoisotopic (exact) mass is 212 g/mol. The Morgan fingerprint density at radius 2 is 2.47 bits per heavy atom. The molecule has 15 heavy (non-hydrogen) atoms. The minimum atomic E-state index is 0.138. The molecule has 84 valence electrons. The zero-order chi connectivity index (χ0) is 11.3. The normalized spacial score (nSPS) is 12.2. The number of nitrogens with zero attached hydrogens (tertiary/aromatic N) is 2. The SMILES string of the molecule is COCc1cc(C(=NC(C)C)NN)no1. The Hall–Kier alpha value is -1.40. The lowest BCUT2D eigenvalue weighted by molar-refractivity contribution is 0.156. The van der Waals surface area contributed by atoms with Crippen LogP contribution in [-0.2, 0) is 11.3 Å². The van der Waals surface area contributed by atoms with E-state index in [0.29, 0.717) is 23.9 Å². The average molecular weight is 212 g/mol. The van der Waals surface area contributed by atoms with Crippen molar-refractivity contribution in [2.75, 3.05) is 7.11 Å². The standard InChI is InChI=1S/C9H16N4O2/c1-6(2)11-9(12-10)8-4-7(5-14-3)15-13-8/h4,6H,5,10H2,1-3H3,(H,11,12). The summed E-state index contributed by atoms with van der Waals surface area (Å²) in [5, 5.41) is 3.83. The molecular weight excluding hydrogens is 196 g/mol. The molecule has 1 rings (SSSR count). The summed E-state index contributed by atoms with van der Waals surface area (Å²) in [4.78, 5) is 4.26. The van der Waals surface area contributed by atoms with Gasteiger partial charge < -0.3 is 14.7 Å². The molecule has 0 aromatic carbocycles. The maximum Gasteiger partial charge on any atom is 0.165 e. The second kappa shape index (κ2) is 5.47. The van der Waals surface area contributed by atoms with Crippen LogP contribution in [-0.4, -0.2) is 24.1 Å². The van der Waals surface area contributed by atoms with E-state index in [0.717, 1.165) is 0 Å². The van der Waals surface area contributed by atoms with Crippen molar-refractivity contribution in [1.29, 1.82) is 0 Å². The van der Waals surface area contributed by atoms with Crippen LogP contribution in [0.3, 0.4) is 0 Å². The lowest BCUT2D eigenvalue weighted by Gasteiger charge is -2.02. The minimum Gasteiger partial charge on any atom is -0.377 e. The van der Waals surface area contributed by atoms with E-state index in [4.69, 9.17) is 15.1 Å². The fourth-order valence-corrected chi connectivity index (χ4v) is 1.07. The van der Waals surface area contributed by atoms with Crippen LogP contribution < -0.4 is 11.3 Å². The Morgan fingerprint density at radius 1 is 1.73 bits per heavy atom. The molecule has 0 radical (unpaired) electrons. The highest BCUT2D eigenvalue weighted by Gasteiger charge is 2.09. The molecule has 0 saturated heterocycles. The molecule has 3 N–H and O–H groups in total. The van der Waals surface area contributed by atoms with Crippen molar-refractivity contribution >= 4 is 5.84 Å². The molecule has 0 bridgehead atoms. The molecule has 1 heterocycles. The zero-order valence-electron chi connectivity index (χ0n) is 9.15. The van der Waals surface area contributed by atoms with Gasteiger partial charge in [0.05, 0.1) is 0 Å². The van der Waals surface area contributed by atoms with E-state index < -0.39 is 0 Å². The van der Waals surface area contributed by atoms with Crippen molar-refractivity contribution in [3.8, 4) is 0 Å². The predicted molar refractivity (Wildman–Crippen MR) is 56.2 cm³/mol. The molecule has 0 unspecified atom stereocenters. The molecular formula is C9H16N4O2. The Bertz CT molecular complexity index is 333. The second-order valence-corrected chi connectivity index (χ2v) is 3.33. The van der Waals surface area contributed by atoms with Crippen molar-refractivity contribution in [2.24, 2.45) is 10.8 Å². The lowest BCUT2D eigenvalue weighted by atomic mass is 10.3. The van der Waals surface area contributed by atoms with Gasteiger partial charge in [-0.05, 0) is 13.8 Å². The Morgan fingerprint density at radius 3 is 3.00 bits per heavy atom. The molecule has 1 aromatic rings. The number of aromatic nitrogens is 1. The molecule has 0 amide bonds. The van der Waals surface area contributed by atoms with Crippen LogP contribution in [0.1, 0.15) is 25.3 Å². The van der Waals surface area contributed by atoms with Crippen molar-refractivity contribution in [2.45, 2.75) is 26.5 Å². The maximum absolute atomic E-state index is 5.34. The highest BCUT2D eigenvalue weighted by Crippen LogP contribution is 2.05. The highest BCUT2D eigenvalue weighted by molar-refractivity contribution is 5.96. The van der Waals surface area contributed by atoms with Crippen LogP contribution in [0.5, 0.6) is 0 Å². The number of methoxy groups -OCH3 is 1. The summed E-state index contributed by atoms with van der Waals surface area (Å²) in [6.07, 6.45) is 0. The van der Waals surface area contributed by atoms with Crippen molar-refractivity contribution in [3.05, 3.63) is 17.5 Å². The molecule has 1 aromatic heterocycles. The van der Waals surface area contributed by atoms with Gasteiger partial charge >= 0.3 is 0 Å². The smallest absolute Gasteiger partial charge is 0.165 e. The molecule has 0 aliphatic heterocycles. The van der Waals surface area contributed by atoms with Crippen LogP contribution in [0.25, 0.3) is 0 Å². The van der Waals surface area contributed by atoms with E-state index in [9.17, 15) is 0 Å². The van der Waals surface area contributed by atoms with Crippen molar-refractivity contribution < 1.29 is 9.26 Å². The first-order valence-corrected chi connectivity index (χ1v) is 4.66. The quantitative estimate of drug-likeness (QED) is 0.327. The van der Waals surface area contributed by atoms with Gasteiger partial charge in [-0.1, -0.05) is 5.16 Å². The number of ether oxygens (including phenoxy) is 1. The summed E-state index contributed by atoms with van der Waals surface area (Å²) in [5.41, 5.74) is 3.07. The van der Waals surface area contributed by atoms with Gasteiger partial charge in [-0.15, -0.1) is 0 Å². The molecule has 0 saturated carbocycles. The van der Waals surface area contributed by atoms with E-state index in [1.807, 2.05) is 13.8 Å². The van der Waals surface area contributed by atoms with Gasteiger partial charge in [-0.25, -0.2) is 5.84 Å². The first-order chi connectivity index (χ1) is 7.17. The van der Waals surface area contributed by atoms with Gasteiger partial charge in [0.15, 0.2) is 11.6 Å². The van der Waals surface area contributed by atoms with E-state index in [2.05, 4.69) is 15.6 Å². The average Bonchev–Trinajstić information content (AvgIpc) is 2.63. The summed E-state index contributed by atoms with van der Waals surface area (Å²) in [6, 6.07) is 1.88. The molecule has 0 aliphatic rings. The molecule has 0 fully saturated rings. The van der Waals surface area contributed by atoms with Gasteiger partial charge in [-0.3, -0.25) is 4.99 Å². The van der Waals surface area contributed by atoms with Gasteiger partial charge in [0.1, 0.15) is 12.3 Å². The fraction of sp³-hybridized carbons (Fsp3) is 0.556. The third-order valence-corrected chi connectivity index (χ3v) is 1.61. The number of nitrogens with two attached hydrogens (primary N) is 1. The molecule has 0 aliphatic carbocycles. The van der Waals surface area contributed by atoms with Gasteiger partial charge in [-0.2, -0.15) is 0 Å². The van der Waals surface area contributed by atoms with E-state index >= 15 is 0 Å². The van der Waals surface area contributed by atoms with Gasteiger partial charge in [0, 0.05) is 19.2 Å². The molecule has 6 heteroatoms. The summed E-state index contributed by atoms with van der Waals surface area (Å²) in [5.74, 6) is 6.49. The van der Waals surface area contributed by atoms with Gasteiger partial charge in [0.25, 0.3) is 0 Å². The maximum atomic E-state index is 5.34. The van der Waals surface area contributed by atoms with Gasteiger partial charge in [0.2, 0.25) is 0 Å². The largest absolute Gasteiger partial charge is 0.377 e. The molecule has 0 spiro atoms. The topological polar surface area (TPSA) is 85.7 Å². The molecule has 0 atom stereocenters. The zero-order valence-corrected chi connectivity index (χ0v) is 9.15. The number of hydrogen-bond donors (Lipinski definition) is 2. The van der Waals surface area contributed by atoms with Crippen LogP contribution in [0.4, 0.5) is 0 Å². The number of hydrogen-bond acceptors (Lipinski definition) is 5. The van der Waals surface area contributed by atoms with Crippen molar-refractivity contribution in [1.82, 2.24) is 10.6 Å². The summed E-state index contributed by atoms with van der Waals surface area (Å²) in [7, 11) is 1.59. The lowest BCUT2D eigenvalue weighted by Crippen LogP contribution is -2.32. The van der Waals surface area contributed by atoms with E-state index in [-0.39, 0.29) is 6.04 Å². The first kappa shape index (κ1) is 11.7. The second-order valence-electron chi connectivity index (χ2n) is 3.33.